The summed E-state index contributed by atoms with van der Waals surface area (Å²) in [6.45, 7) is 9.56. The third kappa shape index (κ3) is 6.84. The predicted octanol–water partition coefficient (Wildman–Crippen LogP) is 7.39. The quantitative estimate of drug-likeness (QED) is 0.151. The first-order chi connectivity index (χ1) is 23.9. The average molecular weight is 727 g/mol. The largest absolute Gasteiger partial charge is 0.379 e. The second kappa shape index (κ2) is 13.8. The summed E-state index contributed by atoms with van der Waals surface area (Å²) in [5.74, 6) is 1.16. The van der Waals surface area contributed by atoms with E-state index in [0.717, 1.165) is 63.4 Å². The van der Waals surface area contributed by atoms with Crippen LogP contribution >= 0.6 is 45.3 Å². The van der Waals surface area contributed by atoms with Gasteiger partial charge in [-0.2, -0.15) is 0 Å². The van der Waals surface area contributed by atoms with Gasteiger partial charge in [0.25, 0.3) is 11.1 Å². The molecule has 1 aromatic carbocycles. The molecule has 7 aromatic rings. The summed E-state index contributed by atoms with van der Waals surface area (Å²) in [5.41, 5.74) is 3.99. The number of aryl methyl sites for hydroxylation is 2. The molecular formula is C36H34N6O3S4. The van der Waals surface area contributed by atoms with Crippen molar-refractivity contribution in [2.45, 2.75) is 40.0 Å². The van der Waals surface area contributed by atoms with Crippen LogP contribution in [-0.2, 0) is 30.9 Å². The van der Waals surface area contributed by atoms with Gasteiger partial charge in [0.05, 0.1) is 37.1 Å². The van der Waals surface area contributed by atoms with Crippen molar-refractivity contribution < 1.29 is 4.74 Å². The minimum Gasteiger partial charge on any atom is -0.379 e. The van der Waals surface area contributed by atoms with Gasteiger partial charge < -0.3 is 14.7 Å². The molecule has 0 unspecified atom stereocenters. The number of hydrogen-bond acceptors (Lipinski definition) is 11. The molecule has 9 nitrogen and oxygen atoms in total. The summed E-state index contributed by atoms with van der Waals surface area (Å²) in [4.78, 5) is 53.8. The van der Waals surface area contributed by atoms with Crippen molar-refractivity contribution in [3.8, 4) is 20.9 Å². The summed E-state index contributed by atoms with van der Waals surface area (Å²) < 4.78 is 5.58. The lowest BCUT2D eigenvalue weighted by atomic mass is 10.1. The van der Waals surface area contributed by atoms with Gasteiger partial charge in [-0.1, -0.05) is 24.3 Å². The zero-order valence-corrected chi connectivity index (χ0v) is 30.3. The highest BCUT2D eigenvalue weighted by atomic mass is 32.1. The Balaban J connectivity index is 1.13. The Labute approximate surface area is 298 Å². The Hall–Kier alpha value is -3.82. The number of hydrogen-bond donors (Lipinski definition) is 2. The summed E-state index contributed by atoms with van der Waals surface area (Å²) in [5, 5.41) is 5.31. The molecule has 250 valence electrons. The Morgan fingerprint density at radius 1 is 0.735 bits per heavy atom. The maximum Gasteiger partial charge on any atom is 0.260 e. The van der Waals surface area contributed by atoms with E-state index in [4.69, 9.17) is 14.7 Å². The molecule has 2 N–H and O–H groups in total. The van der Waals surface area contributed by atoms with Gasteiger partial charge in [-0.05, 0) is 49.2 Å². The van der Waals surface area contributed by atoms with E-state index in [9.17, 15) is 9.59 Å². The number of rotatable bonds is 10. The van der Waals surface area contributed by atoms with Crippen LogP contribution in [0.4, 0.5) is 0 Å². The highest BCUT2D eigenvalue weighted by Gasteiger charge is 2.20. The van der Waals surface area contributed by atoms with Crippen molar-refractivity contribution in [2.75, 3.05) is 26.3 Å². The monoisotopic (exact) mass is 726 g/mol. The minimum atomic E-state index is -0.141. The third-order valence-corrected chi connectivity index (χ3v) is 12.6. The number of aromatic amines is 2. The molecule has 8 rings (SSSR count). The number of ether oxygens (including phenoxy) is 1. The lowest BCUT2D eigenvalue weighted by molar-refractivity contribution is 0.0339. The van der Waals surface area contributed by atoms with E-state index in [0.29, 0.717) is 42.1 Å². The number of morpholine rings is 1. The van der Waals surface area contributed by atoms with Crippen molar-refractivity contribution in [1.29, 1.82) is 0 Å². The van der Waals surface area contributed by atoms with E-state index in [1.54, 1.807) is 22.7 Å². The molecule has 0 saturated carbocycles. The number of benzene rings is 1. The first kappa shape index (κ1) is 32.4. The molecule has 1 saturated heterocycles. The Bertz CT molecular complexity index is 2260. The highest BCUT2D eigenvalue weighted by Crippen LogP contribution is 2.36. The lowest BCUT2D eigenvalue weighted by Crippen LogP contribution is -2.36. The molecule has 7 heterocycles. The van der Waals surface area contributed by atoms with Gasteiger partial charge in [0.1, 0.15) is 21.3 Å². The fraction of sp³-hybridized carbons (Fsp3) is 0.278. The maximum atomic E-state index is 13.6. The summed E-state index contributed by atoms with van der Waals surface area (Å²) in [6, 6.07) is 16.8. The molecule has 6 aromatic heterocycles. The normalized spacial score (nSPS) is 14.1. The minimum absolute atomic E-state index is 0.141. The van der Waals surface area contributed by atoms with Crippen LogP contribution in [0.3, 0.4) is 0 Å². The van der Waals surface area contributed by atoms with Crippen LogP contribution in [0, 0.1) is 13.8 Å². The van der Waals surface area contributed by atoms with E-state index in [1.807, 2.05) is 10.8 Å². The molecule has 1 aliphatic rings. The van der Waals surface area contributed by atoms with E-state index in [2.05, 4.69) is 82.1 Å². The second-order valence-corrected chi connectivity index (χ2v) is 16.6. The molecule has 0 radical (unpaired) electrons. The van der Waals surface area contributed by atoms with Crippen LogP contribution in [0.15, 0.2) is 68.9 Å². The van der Waals surface area contributed by atoms with E-state index in [-0.39, 0.29) is 11.1 Å². The van der Waals surface area contributed by atoms with Gasteiger partial charge in [-0.15, -0.1) is 45.3 Å². The topological polar surface area (TPSA) is 107 Å². The van der Waals surface area contributed by atoms with Crippen LogP contribution in [0.25, 0.3) is 41.3 Å². The molecule has 0 amide bonds. The third-order valence-electron chi connectivity index (χ3n) is 8.75. The van der Waals surface area contributed by atoms with E-state index >= 15 is 0 Å². The number of fused-ring (bicyclic) bond motifs is 2. The molecule has 49 heavy (non-hydrogen) atoms. The van der Waals surface area contributed by atoms with Gasteiger partial charge in [0.2, 0.25) is 0 Å². The van der Waals surface area contributed by atoms with E-state index in [1.165, 1.54) is 43.6 Å². The Morgan fingerprint density at radius 3 is 1.78 bits per heavy atom. The van der Waals surface area contributed by atoms with Crippen LogP contribution in [-0.4, -0.2) is 56.0 Å². The zero-order valence-electron chi connectivity index (χ0n) is 27.1. The molecule has 0 aliphatic carbocycles. The van der Waals surface area contributed by atoms with Crippen LogP contribution in [0.5, 0.6) is 0 Å². The van der Waals surface area contributed by atoms with Crippen LogP contribution < -0.4 is 11.1 Å². The number of nitrogens with zero attached hydrogens (tertiary/aromatic N) is 4. The number of thiophene rings is 4. The Morgan fingerprint density at radius 2 is 1.27 bits per heavy atom. The van der Waals surface area contributed by atoms with Gasteiger partial charge in [-0.25, -0.2) is 9.97 Å². The molecule has 0 bridgehead atoms. The first-order valence-electron chi connectivity index (χ1n) is 16.1. The molecule has 1 fully saturated rings. The fourth-order valence-corrected chi connectivity index (χ4v) is 10.2. The van der Waals surface area contributed by atoms with Crippen LogP contribution in [0.2, 0.25) is 0 Å². The van der Waals surface area contributed by atoms with Gasteiger partial charge in [-0.3, -0.25) is 19.4 Å². The highest BCUT2D eigenvalue weighted by molar-refractivity contribution is 7.19. The van der Waals surface area contributed by atoms with Gasteiger partial charge in [0.15, 0.2) is 0 Å². The predicted molar refractivity (Wildman–Crippen MR) is 202 cm³/mol. The smallest absolute Gasteiger partial charge is 0.260 e. The molecular weight excluding hydrogens is 693 g/mol. The SMILES string of the molecule is Cc1ccc(-c2csc3nc(CN(Cc4nc5scc(-c6ccc(C)s6)c5c(=O)[nH]4)Cc4ccccc4CN4CCOCC4)[nH]c(=O)c23)s1. The summed E-state index contributed by atoms with van der Waals surface area (Å²) >= 11 is 6.34. The van der Waals surface area contributed by atoms with Crippen molar-refractivity contribution in [3.05, 3.63) is 113 Å². The number of aromatic nitrogens is 4. The first-order valence-corrected chi connectivity index (χ1v) is 19.5. The molecule has 1 aliphatic heterocycles. The average Bonchev–Trinajstić information content (AvgIpc) is 3.89. The van der Waals surface area contributed by atoms with Gasteiger partial charge in [0, 0.05) is 67.6 Å². The van der Waals surface area contributed by atoms with Crippen molar-refractivity contribution >= 4 is 65.8 Å². The van der Waals surface area contributed by atoms with Crippen molar-refractivity contribution in [1.82, 2.24) is 29.7 Å². The number of H-pyrrole nitrogens is 2. The molecule has 0 atom stereocenters. The maximum absolute atomic E-state index is 13.6. The zero-order chi connectivity index (χ0) is 33.5. The summed E-state index contributed by atoms with van der Waals surface area (Å²) in [6.07, 6.45) is 0. The van der Waals surface area contributed by atoms with Crippen molar-refractivity contribution in [2.24, 2.45) is 0 Å². The molecule has 0 spiro atoms. The van der Waals surface area contributed by atoms with Gasteiger partial charge >= 0.3 is 0 Å². The fourth-order valence-electron chi connectivity index (χ4n) is 6.36. The lowest BCUT2D eigenvalue weighted by Gasteiger charge is -2.28. The van der Waals surface area contributed by atoms with Crippen molar-refractivity contribution in [3.63, 3.8) is 0 Å². The molecule has 13 heteroatoms. The van der Waals surface area contributed by atoms with E-state index < -0.39 is 0 Å². The van der Waals surface area contributed by atoms with Crippen LogP contribution in [0.1, 0.15) is 32.5 Å². The summed E-state index contributed by atoms with van der Waals surface area (Å²) in [7, 11) is 0. The number of nitrogens with one attached hydrogen (secondary N) is 2. The Kier molecular flexibility index (Phi) is 9.14. The second-order valence-electron chi connectivity index (χ2n) is 12.3. The standard InChI is InChI=1S/C36H34N6O3S4/c1-21-7-9-27(48-21)25-19-46-35-31(25)33(43)37-29(39-35)17-42(16-24-6-4-3-5-23(24)15-41-11-13-45-14-12-41)18-30-38-34(44)32-26(20-47-36(32)40-30)28-10-8-22(2)49-28/h3-10,19-20H,11-18H2,1-2H3,(H,37,39,43)(H,38,40,44).